The van der Waals surface area contributed by atoms with Crippen LogP contribution in [0, 0.1) is 6.92 Å². The number of aromatic nitrogens is 3. The van der Waals surface area contributed by atoms with Crippen molar-refractivity contribution < 1.29 is 32.3 Å². The topological polar surface area (TPSA) is 113 Å². The fourth-order valence-electron chi connectivity index (χ4n) is 4.10. The molecular formula is C28H24F3N5O4S. The van der Waals surface area contributed by atoms with E-state index in [4.69, 9.17) is 4.42 Å². The second-order valence-corrected chi connectivity index (χ2v) is 10.6. The van der Waals surface area contributed by atoms with Crippen molar-refractivity contribution in [2.24, 2.45) is 0 Å². The van der Waals surface area contributed by atoms with Gasteiger partial charge in [-0.1, -0.05) is 18.2 Å². The van der Waals surface area contributed by atoms with Gasteiger partial charge in [0.05, 0.1) is 33.5 Å². The fourth-order valence-corrected chi connectivity index (χ4v) is 4.95. The highest BCUT2D eigenvalue weighted by atomic mass is 32.1. The number of nitrogens with one attached hydrogen (secondary N) is 1. The minimum atomic E-state index is -4.95. The van der Waals surface area contributed by atoms with E-state index in [0.29, 0.717) is 34.7 Å². The third kappa shape index (κ3) is 5.58. The van der Waals surface area contributed by atoms with Crippen molar-refractivity contribution in [2.45, 2.75) is 32.2 Å². The maximum absolute atomic E-state index is 13.6. The van der Waals surface area contributed by atoms with Crippen LogP contribution in [-0.4, -0.2) is 50.3 Å². The second kappa shape index (κ2) is 10.5. The second-order valence-electron chi connectivity index (χ2n) is 9.56. The highest BCUT2D eigenvalue weighted by Crippen LogP contribution is 2.35. The van der Waals surface area contributed by atoms with Crippen molar-refractivity contribution >= 4 is 45.8 Å². The van der Waals surface area contributed by atoms with Gasteiger partial charge in [0.2, 0.25) is 5.95 Å². The molecule has 2 N–H and O–H groups in total. The van der Waals surface area contributed by atoms with Crippen LogP contribution in [0.3, 0.4) is 0 Å². The summed E-state index contributed by atoms with van der Waals surface area (Å²) in [5.74, 6) is -0.179. The monoisotopic (exact) mass is 583 g/mol. The van der Waals surface area contributed by atoms with E-state index in [0.717, 1.165) is 15.9 Å². The van der Waals surface area contributed by atoms with Crippen molar-refractivity contribution in [3.8, 4) is 10.6 Å². The van der Waals surface area contributed by atoms with E-state index in [9.17, 15) is 27.9 Å². The number of nitrogens with zero attached hydrogens (tertiary/aromatic N) is 4. The molecular weight excluding hydrogens is 559 g/mol. The number of thiophene rings is 1. The molecule has 2 amide bonds. The molecule has 2 aromatic carbocycles. The third-order valence-electron chi connectivity index (χ3n) is 6.44. The van der Waals surface area contributed by atoms with Crippen LogP contribution in [0.2, 0.25) is 0 Å². The molecule has 0 spiro atoms. The fraction of sp³-hybridized carbons (Fsp3) is 0.214. The zero-order valence-electron chi connectivity index (χ0n) is 22.1. The van der Waals surface area contributed by atoms with Gasteiger partial charge in [-0.2, -0.15) is 13.2 Å². The summed E-state index contributed by atoms with van der Waals surface area (Å²) in [5, 5.41) is 12.9. The van der Waals surface area contributed by atoms with Crippen molar-refractivity contribution in [1.82, 2.24) is 14.5 Å². The first-order chi connectivity index (χ1) is 19.3. The smallest absolute Gasteiger partial charge is 0.418 e. The Balaban J connectivity index is 1.50. The van der Waals surface area contributed by atoms with Crippen molar-refractivity contribution in [1.29, 1.82) is 0 Å². The maximum Gasteiger partial charge on any atom is 0.418 e. The molecule has 41 heavy (non-hydrogen) atoms. The molecule has 13 heteroatoms. The van der Waals surface area contributed by atoms with E-state index in [1.165, 1.54) is 23.2 Å². The lowest BCUT2D eigenvalue weighted by Gasteiger charge is -2.27. The molecule has 1 atom stereocenters. The summed E-state index contributed by atoms with van der Waals surface area (Å²) in [4.78, 5) is 36.8. The Hall–Kier alpha value is -4.49. The van der Waals surface area contributed by atoms with Gasteiger partial charge < -0.3 is 19.0 Å². The predicted molar refractivity (Wildman–Crippen MR) is 148 cm³/mol. The van der Waals surface area contributed by atoms with E-state index >= 15 is 0 Å². The first kappa shape index (κ1) is 28.1. The Bertz CT molecular complexity index is 1740. The third-order valence-corrected chi connectivity index (χ3v) is 7.54. The average molecular weight is 584 g/mol. The summed E-state index contributed by atoms with van der Waals surface area (Å²) in [7, 11) is 1.56. The summed E-state index contributed by atoms with van der Waals surface area (Å²) >= 11 is 1.11. The standard InChI is InChI=1S/C28H24F3N5O4S/c1-16-32-14-21(40-16)22-11-12-23(41-22)24(37)34-26-33-19-13-18(35(3)25(38)17-7-5-4-6-8-17)9-10-20(19)36(26)15-27(2,39)28(29,30)31/h4-14,39H,15H2,1-3H3,(H,33,34,37). The van der Waals surface area contributed by atoms with Gasteiger partial charge >= 0.3 is 6.18 Å². The molecule has 0 aliphatic heterocycles. The molecule has 1 unspecified atom stereocenters. The van der Waals surface area contributed by atoms with E-state index in [1.54, 1.807) is 62.5 Å². The van der Waals surface area contributed by atoms with Gasteiger partial charge in [-0.3, -0.25) is 14.9 Å². The van der Waals surface area contributed by atoms with Gasteiger partial charge in [0.25, 0.3) is 11.8 Å². The Morgan fingerprint density at radius 2 is 1.85 bits per heavy atom. The summed E-state index contributed by atoms with van der Waals surface area (Å²) in [6.07, 6.45) is -3.43. The number of halogens is 3. The van der Waals surface area contributed by atoms with E-state index < -0.39 is 24.2 Å². The zero-order chi connectivity index (χ0) is 29.5. The maximum atomic E-state index is 13.6. The number of anilines is 2. The number of hydrogen-bond acceptors (Lipinski definition) is 7. The van der Waals surface area contributed by atoms with Gasteiger partial charge in [-0.25, -0.2) is 9.97 Å². The Kier molecular flexibility index (Phi) is 7.17. The number of aryl methyl sites for hydroxylation is 1. The molecule has 0 aliphatic rings. The van der Waals surface area contributed by atoms with Crippen LogP contribution in [0.15, 0.2) is 71.3 Å². The van der Waals surface area contributed by atoms with Gasteiger partial charge in [-0.05, 0) is 49.4 Å². The Labute approximate surface area is 235 Å². The molecule has 5 rings (SSSR count). The SMILES string of the molecule is Cc1ncc(-c2ccc(C(=O)Nc3nc4cc(N(C)C(=O)c5ccccc5)ccc4n3CC(C)(O)C(F)(F)F)s2)o1. The highest BCUT2D eigenvalue weighted by molar-refractivity contribution is 7.17. The molecule has 9 nitrogen and oxygen atoms in total. The van der Waals surface area contributed by atoms with E-state index in [1.807, 2.05) is 0 Å². The normalized spacial score (nSPS) is 13.2. The van der Waals surface area contributed by atoms with Gasteiger partial charge in [0, 0.05) is 25.2 Å². The lowest BCUT2D eigenvalue weighted by Crippen LogP contribution is -2.45. The molecule has 0 radical (unpaired) electrons. The average Bonchev–Trinajstić information content (AvgIpc) is 3.66. The molecule has 3 aromatic heterocycles. The number of hydrogen-bond donors (Lipinski definition) is 2. The number of amides is 2. The molecule has 0 aliphatic carbocycles. The number of carbonyl (C=O) groups is 2. The first-order valence-electron chi connectivity index (χ1n) is 12.3. The van der Waals surface area contributed by atoms with Crippen LogP contribution in [0.1, 0.15) is 32.8 Å². The van der Waals surface area contributed by atoms with Crippen molar-refractivity contribution in [2.75, 3.05) is 17.3 Å². The summed E-state index contributed by atoms with van der Waals surface area (Å²) in [6.45, 7) is 1.40. The molecule has 0 saturated heterocycles. The zero-order valence-corrected chi connectivity index (χ0v) is 22.9. The number of alkyl halides is 3. The van der Waals surface area contributed by atoms with Crippen molar-refractivity contribution in [3.05, 3.63) is 83.2 Å². The first-order valence-corrected chi connectivity index (χ1v) is 13.1. The number of aliphatic hydroxyl groups is 1. The predicted octanol–water partition coefficient (Wildman–Crippen LogP) is 5.90. The molecule has 0 bridgehead atoms. The number of imidazole rings is 1. The number of carbonyl (C=O) groups excluding carboxylic acids is 2. The highest BCUT2D eigenvalue weighted by Gasteiger charge is 2.50. The lowest BCUT2D eigenvalue weighted by molar-refractivity contribution is -0.257. The summed E-state index contributed by atoms with van der Waals surface area (Å²) in [5.41, 5.74) is -1.81. The summed E-state index contributed by atoms with van der Waals surface area (Å²) < 4.78 is 47.5. The van der Waals surface area contributed by atoms with Crippen LogP contribution in [-0.2, 0) is 6.54 Å². The number of fused-ring (bicyclic) bond motifs is 1. The minimum absolute atomic E-state index is 0.200. The van der Waals surface area contributed by atoms with E-state index in [2.05, 4.69) is 15.3 Å². The van der Waals surface area contributed by atoms with Crippen LogP contribution in [0.25, 0.3) is 21.7 Å². The van der Waals surface area contributed by atoms with Gasteiger partial charge in [-0.15, -0.1) is 11.3 Å². The van der Waals surface area contributed by atoms with E-state index in [-0.39, 0.29) is 27.8 Å². The van der Waals surface area contributed by atoms with Crippen LogP contribution in [0.4, 0.5) is 24.8 Å². The molecule has 0 fully saturated rings. The quantitative estimate of drug-likeness (QED) is 0.247. The molecule has 5 aromatic rings. The summed E-state index contributed by atoms with van der Waals surface area (Å²) in [6, 6.07) is 16.4. The van der Waals surface area contributed by atoms with Crippen LogP contribution < -0.4 is 10.2 Å². The lowest BCUT2D eigenvalue weighted by atomic mass is 10.1. The number of oxazole rings is 1. The van der Waals surface area contributed by atoms with Crippen molar-refractivity contribution in [3.63, 3.8) is 0 Å². The Morgan fingerprint density at radius 3 is 2.51 bits per heavy atom. The van der Waals surface area contributed by atoms with Crippen LogP contribution in [0.5, 0.6) is 0 Å². The van der Waals surface area contributed by atoms with Crippen LogP contribution >= 0.6 is 11.3 Å². The minimum Gasteiger partial charge on any atom is -0.440 e. The number of benzene rings is 2. The molecule has 3 heterocycles. The Morgan fingerprint density at radius 1 is 1.12 bits per heavy atom. The number of rotatable bonds is 7. The molecule has 212 valence electrons. The van der Waals surface area contributed by atoms with Gasteiger partial charge in [0.1, 0.15) is 0 Å². The largest absolute Gasteiger partial charge is 0.440 e. The van der Waals surface area contributed by atoms with Gasteiger partial charge in [0.15, 0.2) is 17.3 Å². The molecule has 0 saturated carbocycles.